The van der Waals surface area contributed by atoms with Crippen LogP contribution in [0, 0.1) is 6.92 Å². The van der Waals surface area contributed by atoms with Crippen molar-refractivity contribution < 1.29 is 0 Å². The maximum absolute atomic E-state index is 4.63. The van der Waals surface area contributed by atoms with Crippen molar-refractivity contribution in [2.24, 2.45) is 4.99 Å². The van der Waals surface area contributed by atoms with Gasteiger partial charge >= 0.3 is 0 Å². The highest BCUT2D eigenvalue weighted by Gasteiger charge is 2.15. The van der Waals surface area contributed by atoms with E-state index in [1.54, 1.807) is 0 Å². The lowest BCUT2D eigenvalue weighted by molar-refractivity contribution is 0.665. The predicted octanol–water partition coefficient (Wildman–Crippen LogP) is 3.87. The molecule has 0 aromatic carbocycles. The standard InChI is InChI=1S/C14H25N3S2.HI/c1-6-15-13(17-10-14(3,4)18-5)16-9-12-8-7-11(2)19-12;/h7-8H,6,9-10H2,1-5H3,(H2,15,16,17);1H. The predicted molar refractivity (Wildman–Crippen MR) is 105 cm³/mol. The van der Waals surface area contributed by atoms with Crippen molar-refractivity contribution in [3.63, 3.8) is 0 Å². The van der Waals surface area contributed by atoms with Gasteiger partial charge in [-0.25, -0.2) is 4.99 Å². The topological polar surface area (TPSA) is 36.4 Å². The molecule has 0 atom stereocenters. The van der Waals surface area contributed by atoms with E-state index >= 15 is 0 Å². The van der Waals surface area contributed by atoms with Crippen molar-refractivity contribution in [2.45, 2.75) is 39.0 Å². The molecule has 0 fully saturated rings. The zero-order chi connectivity index (χ0) is 14.3. The van der Waals surface area contributed by atoms with Gasteiger partial charge in [0.2, 0.25) is 0 Å². The fourth-order valence-electron chi connectivity index (χ4n) is 1.44. The van der Waals surface area contributed by atoms with E-state index in [1.165, 1.54) is 9.75 Å². The molecule has 0 radical (unpaired) electrons. The van der Waals surface area contributed by atoms with Gasteiger partial charge in [-0.1, -0.05) is 0 Å². The van der Waals surface area contributed by atoms with E-state index < -0.39 is 0 Å². The summed E-state index contributed by atoms with van der Waals surface area (Å²) in [4.78, 5) is 7.27. The van der Waals surface area contributed by atoms with Gasteiger partial charge in [0.05, 0.1) is 6.54 Å². The van der Waals surface area contributed by atoms with Crippen molar-refractivity contribution in [3.8, 4) is 0 Å². The molecule has 1 rings (SSSR count). The average Bonchev–Trinajstić information content (AvgIpc) is 2.79. The summed E-state index contributed by atoms with van der Waals surface area (Å²) >= 11 is 3.67. The minimum absolute atomic E-state index is 0. The van der Waals surface area contributed by atoms with Gasteiger partial charge in [-0.3, -0.25) is 0 Å². The average molecular weight is 427 g/mol. The first-order valence-corrected chi connectivity index (χ1v) is 8.63. The van der Waals surface area contributed by atoms with E-state index in [2.05, 4.69) is 61.7 Å². The zero-order valence-corrected chi connectivity index (χ0v) is 16.9. The number of rotatable bonds is 6. The van der Waals surface area contributed by atoms with Crippen molar-refractivity contribution in [1.82, 2.24) is 10.6 Å². The molecule has 0 spiro atoms. The molecule has 1 aromatic heterocycles. The van der Waals surface area contributed by atoms with Gasteiger partial charge in [-0.15, -0.1) is 35.3 Å². The fraction of sp³-hybridized carbons (Fsp3) is 0.643. The SMILES string of the molecule is CCNC(=NCc1ccc(C)s1)NCC(C)(C)SC.I. The summed E-state index contributed by atoms with van der Waals surface area (Å²) in [5.74, 6) is 0.899. The molecule has 116 valence electrons. The molecule has 0 amide bonds. The number of nitrogens with zero attached hydrogens (tertiary/aromatic N) is 1. The maximum atomic E-state index is 4.63. The lowest BCUT2D eigenvalue weighted by Crippen LogP contribution is -2.43. The van der Waals surface area contributed by atoms with Gasteiger partial charge in [-0.05, 0) is 46.1 Å². The molecule has 0 aliphatic heterocycles. The number of halogens is 1. The van der Waals surface area contributed by atoms with Crippen LogP contribution >= 0.6 is 47.1 Å². The normalized spacial score (nSPS) is 11.9. The Hall–Kier alpha value is 0.0500. The molecule has 0 bridgehead atoms. The Balaban J connectivity index is 0.00000361. The third-order valence-electron chi connectivity index (χ3n) is 2.77. The minimum atomic E-state index is 0. The van der Waals surface area contributed by atoms with Crippen molar-refractivity contribution in [1.29, 1.82) is 0 Å². The van der Waals surface area contributed by atoms with Crippen LogP contribution in [0.15, 0.2) is 17.1 Å². The van der Waals surface area contributed by atoms with Gasteiger partial charge < -0.3 is 10.6 Å². The molecular weight excluding hydrogens is 401 g/mol. The molecule has 1 aromatic rings. The van der Waals surface area contributed by atoms with Crippen LogP contribution in [-0.4, -0.2) is 30.1 Å². The number of thiophene rings is 1. The number of aliphatic imine (C=N–C) groups is 1. The molecule has 0 aliphatic rings. The van der Waals surface area contributed by atoms with Crippen molar-refractivity contribution >= 4 is 53.0 Å². The highest BCUT2D eigenvalue weighted by atomic mass is 127. The van der Waals surface area contributed by atoms with E-state index in [0.29, 0.717) is 0 Å². The summed E-state index contributed by atoms with van der Waals surface area (Å²) in [6.45, 7) is 11.2. The molecule has 1 heterocycles. The number of thioether (sulfide) groups is 1. The zero-order valence-electron chi connectivity index (χ0n) is 12.9. The Morgan fingerprint density at radius 3 is 2.55 bits per heavy atom. The van der Waals surface area contributed by atoms with E-state index in [4.69, 9.17) is 0 Å². The quantitative estimate of drug-likeness (QED) is 0.411. The van der Waals surface area contributed by atoms with Gasteiger partial charge in [0, 0.05) is 27.6 Å². The highest BCUT2D eigenvalue weighted by Crippen LogP contribution is 2.19. The van der Waals surface area contributed by atoms with Crippen LogP contribution < -0.4 is 10.6 Å². The maximum Gasteiger partial charge on any atom is 0.191 e. The Morgan fingerprint density at radius 1 is 1.35 bits per heavy atom. The Bertz CT molecular complexity index is 416. The van der Waals surface area contributed by atoms with Crippen LogP contribution in [0.5, 0.6) is 0 Å². The Kier molecular flexibility index (Phi) is 9.92. The van der Waals surface area contributed by atoms with Crippen LogP contribution in [-0.2, 0) is 6.54 Å². The second-order valence-electron chi connectivity index (χ2n) is 5.02. The highest BCUT2D eigenvalue weighted by molar-refractivity contribution is 14.0. The second kappa shape index (κ2) is 9.89. The van der Waals surface area contributed by atoms with Gasteiger partial charge in [0.1, 0.15) is 0 Å². The minimum Gasteiger partial charge on any atom is -0.357 e. The lowest BCUT2D eigenvalue weighted by atomic mass is 10.2. The molecule has 0 aliphatic carbocycles. The molecule has 0 unspecified atom stereocenters. The molecular formula is C14H26IN3S2. The van der Waals surface area contributed by atoms with Gasteiger partial charge in [0.15, 0.2) is 5.96 Å². The number of aryl methyl sites for hydroxylation is 1. The first-order valence-electron chi connectivity index (χ1n) is 6.59. The molecule has 3 nitrogen and oxygen atoms in total. The second-order valence-corrected chi connectivity index (χ2v) is 7.91. The van der Waals surface area contributed by atoms with E-state index in [0.717, 1.165) is 25.6 Å². The molecule has 20 heavy (non-hydrogen) atoms. The fourth-order valence-corrected chi connectivity index (χ4v) is 2.47. The summed E-state index contributed by atoms with van der Waals surface area (Å²) in [6.07, 6.45) is 2.14. The van der Waals surface area contributed by atoms with Crippen molar-refractivity contribution in [2.75, 3.05) is 19.3 Å². The van der Waals surface area contributed by atoms with Crippen LogP contribution in [0.3, 0.4) is 0 Å². The van der Waals surface area contributed by atoms with E-state index in [-0.39, 0.29) is 28.7 Å². The van der Waals surface area contributed by atoms with Gasteiger partial charge in [0.25, 0.3) is 0 Å². The van der Waals surface area contributed by atoms with Gasteiger partial charge in [-0.2, -0.15) is 11.8 Å². The number of guanidine groups is 1. The largest absolute Gasteiger partial charge is 0.357 e. The first kappa shape index (κ1) is 20.1. The van der Waals surface area contributed by atoms with Crippen LogP contribution in [0.2, 0.25) is 0 Å². The monoisotopic (exact) mass is 427 g/mol. The summed E-state index contributed by atoms with van der Waals surface area (Å²) in [6, 6.07) is 4.30. The third-order valence-corrected chi connectivity index (χ3v) is 5.00. The van der Waals surface area contributed by atoms with Crippen LogP contribution in [0.25, 0.3) is 0 Å². The third kappa shape index (κ3) is 7.73. The number of hydrogen-bond acceptors (Lipinski definition) is 3. The van der Waals surface area contributed by atoms with E-state index in [9.17, 15) is 0 Å². The summed E-state index contributed by atoms with van der Waals surface area (Å²) in [5.41, 5.74) is 0. The lowest BCUT2D eigenvalue weighted by Gasteiger charge is -2.23. The van der Waals surface area contributed by atoms with Crippen LogP contribution in [0.1, 0.15) is 30.5 Å². The summed E-state index contributed by atoms with van der Waals surface area (Å²) in [5, 5.41) is 6.70. The number of hydrogen-bond donors (Lipinski definition) is 2. The number of nitrogens with one attached hydrogen (secondary N) is 2. The first-order chi connectivity index (χ1) is 8.96. The Morgan fingerprint density at radius 2 is 2.05 bits per heavy atom. The molecule has 2 N–H and O–H groups in total. The Labute approximate surface area is 148 Å². The summed E-state index contributed by atoms with van der Waals surface area (Å²) in [7, 11) is 0. The molecule has 0 saturated heterocycles. The molecule has 6 heteroatoms. The van der Waals surface area contributed by atoms with Crippen LogP contribution in [0.4, 0.5) is 0 Å². The smallest absolute Gasteiger partial charge is 0.191 e. The molecule has 0 saturated carbocycles. The van der Waals surface area contributed by atoms with Crippen molar-refractivity contribution in [3.05, 3.63) is 21.9 Å². The summed E-state index contributed by atoms with van der Waals surface area (Å²) < 4.78 is 0.218. The van der Waals surface area contributed by atoms with E-state index in [1.807, 2.05) is 23.1 Å².